The van der Waals surface area contributed by atoms with Crippen LogP contribution in [0.5, 0.6) is 0 Å². The van der Waals surface area contributed by atoms with Crippen LogP contribution in [0.15, 0.2) is 24.3 Å². The monoisotopic (exact) mass is 327 g/mol. The summed E-state index contributed by atoms with van der Waals surface area (Å²) >= 11 is 0. The second kappa shape index (κ2) is 6.73. The van der Waals surface area contributed by atoms with Crippen LogP contribution in [0.2, 0.25) is 0 Å². The molecule has 0 aromatic heterocycles. The van der Waals surface area contributed by atoms with Gasteiger partial charge in [0, 0.05) is 19.2 Å². The number of benzene rings is 1. The molecule has 2 rings (SSSR count). The molecular formula is C13H17N3O5S. The third kappa shape index (κ3) is 4.17. The lowest BCUT2D eigenvalue weighted by atomic mass is 10.1. The van der Waals surface area contributed by atoms with E-state index in [1.54, 1.807) is 18.2 Å². The van der Waals surface area contributed by atoms with Crippen LogP contribution in [-0.4, -0.2) is 43.8 Å². The molecule has 1 saturated heterocycles. The fourth-order valence-corrected chi connectivity index (χ4v) is 4.05. The zero-order chi connectivity index (χ0) is 16.2. The van der Waals surface area contributed by atoms with Crippen LogP contribution in [-0.2, 0) is 14.6 Å². The Bertz CT molecular complexity index is 674. The van der Waals surface area contributed by atoms with E-state index in [1.165, 1.54) is 6.07 Å². The second-order valence-corrected chi connectivity index (χ2v) is 7.32. The first-order valence-electron chi connectivity index (χ1n) is 6.84. The topological polar surface area (TPSA) is 118 Å². The summed E-state index contributed by atoms with van der Waals surface area (Å²) in [5.41, 5.74) is 0.348. The molecular weight excluding hydrogens is 310 g/mol. The summed E-state index contributed by atoms with van der Waals surface area (Å²) in [5, 5.41) is 16.4. The first kappa shape index (κ1) is 16.2. The summed E-state index contributed by atoms with van der Waals surface area (Å²) in [4.78, 5) is 22.2. The van der Waals surface area contributed by atoms with Crippen LogP contribution in [0.25, 0.3) is 0 Å². The number of amides is 1. The Kier molecular flexibility index (Phi) is 4.96. The first-order valence-corrected chi connectivity index (χ1v) is 8.66. The number of nitro benzene ring substituents is 1. The summed E-state index contributed by atoms with van der Waals surface area (Å²) < 4.78 is 22.6. The Balaban J connectivity index is 1.78. The summed E-state index contributed by atoms with van der Waals surface area (Å²) in [5.74, 6) is -0.822. The maximum absolute atomic E-state index is 11.8. The molecule has 8 nitrogen and oxygen atoms in total. The average molecular weight is 327 g/mol. The molecule has 0 radical (unpaired) electrons. The number of anilines is 1. The van der Waals surface area contributed by atoms with Crippen molar-refractivity contribution in [3.8, 4) is 0 Å². The van der Waals surface area contributed by atoms with E-state index in [9.17, 15) is 23.3 Å². The Morgan fingerprint density at radius 1 is 1.32 bits per heavy atom. The fourth-order valence-electron chi connectivity index (χ4n) is 2.31. The van der Waals surface area contributed by atoms with Gasteiger partial charge in [0.15, 0.2) is 9.84 Å². The van der Waals surface area contributed by atoms with Crippen molar-refractivity contribution in [2.45, 2.75) is 6.42 Å². The molecule has 1 fully saturated rings. The zero-order valence-corrected chi connectivity index (χ0v) is 12.6. The third-order valence-electron chi connectivity index (χ3n) is 3.44. The van der Waals surface area contributed by atoms with Crippen molar-refractivity contribution in [3.05, 3.63) is 34.4 Å². The van der Waals surface area contributed by atoms with E-state index in [-0.39, 0.29) is 29.6 Å². The number of hydrogen-bond acceptors (Lipinski definition) is 6. The minimum atomic E-state index is -3.08. The summed E-state index contributed by atoms with van der Waals surface area (Å²) in [7, 11) is -3.08. The number of carbonyl (C=O) groups is 1. The predicted octanol–water partition coefficient (Wildman–Crippen LogP) is 0.558. The second-order valence-electron chi connectivity index (χ2n) is 5.09. The normalized spacial score (nSPS) is 19.5. The molecule has 1 aliphatic heterocycles. The molecule has 2 N–H and O–H groups in total. The van der Waals surface area contributed by atoms with Gasteiger partial charge in [-0.1, -0.05) is 12.1 Å². The number of nitrogens with one attached hydrogen (secondary N) is 2. The maximum atomic E-state index is 11.8. The minimum absolute atomic E-state index is 0.0317. The van der Waals surface area contributed by atoms with Crippen LogP contribution >= 0.6 is 0 Å². The van der Waals surface area contributed by atoms with E-state index in [0.717, 1.165) is 0 Å². The SMILES string of the molecule is O=C(NCCNc1ccccc1[N+](=O)[O-])[C@H]1CCS(=O)(=O)C1. The molecule has 1 heterocycles. The molecule has 0 unspecified atom stereocenters. The molecule has 22 heavy (non-hydrogen) atoms. The number of carbonyl (C=O) groups excluding carboxylic acids is 1. The van der Waals surface area contributed by atoms with E-state index in [4.69, 9.17) is 0 Å². The van der Waals surface area contributed by atoms with Crippen molar-refractivity contribution in [2.24, 2.45) is 5.92 Å². The van der Waals surface area contributed by atoms with Gasteiger partial charge in [-0.15, -0.1) is 0 Å². The molecule has 1 atom stereocenters. The Labute approximate surface area is 128 Å². The van der Waals surface area contributed by atoms with Gasteiger partial charge < -0.3 is 10.6 Å². The van der Waals surface area contributed by atoms with Crippen molar-refractivity contribution in [1.82, 2.24) is 5.32 Å². The minimum Gasteiger partial charge on any atom is -0.378 e. The van der Waals surface area contributed by atoms with Crippen LogP contribution in [0.4, 0.5) is 11.4 Å². The molecule has 1 amide bonds. The van der Waals surface area contributed by atoms with Crippen molar-refractivity contribution in [1.29, 1.82) is 0 Å². The first-order chi connectivity index (χ1) is 10.4. The highest BCUT2D eigenvalue weighted by Crippen LogP contribution is 2.22. The van der Waals surface area contributed by atoms with Crippen LogP contribution in [0, 0.1) is 16.0 Å². The van der Waals surface area contributed by atoms with E-state index >= 15 is 0 Å². The lowest BCUT2D eigenvalue weighted by Gasteiger charge is -2.10. The number of nitrogens with zero attached hydrogens (tertiary/aromatic N) is 1. The summed E-state index contributed by atoms with van der Waals surface area (Å²) in [6, 6.07) is 6.23. The van der Waals surface area contributed by atoms with Gasteiger partial charge >= 0.3 is 0 Å². The quantitative estimate of drug-likeness (QED) is 0.448. The number of nitro groups is 1. The van der Waals surface area contributed by atoms with E-state index in [1.807, 2.05) is 0 Å². The van der Waals surface area contributed by atoms with E-state index in [2.05, 4.69) is 10.6 Å². The van der Waals surface area contributed by atoms with Crippen LogP contribution in [0.1, 0.15) is 6.42 Å². The Morgan fingerprint density at radius 2 is 2.05 bits per heavy atom. The smallest absolute Gasteiger partial charge is 0.292 e. The Hall–Kier alpha value is -2.16. The van der Waals surface area contributed by atoms with Crippen LogP contribution in [0.3, 0.4) is 0 Å². The lowest BCUT2D eigenvalue weighted by Crippen LogP contribution is -2.34. The molecule has 0 bridgehead atoms. The van der Waals surface area contributed by atoms with Crippen molar-refractivity contribution < 1.29 is 18.1 Å². The van der Waals surface area contributed by atoms with Gasteiger partial charge in [-0.05, 0) is 12.5 Å². The van der Waals surface area contributed by atoms with E-state index < -0.39 is 20.7 Å². The van der Waals surface area contributed by atoms with Gasteiger partial charge in [0.05, 0.1) is 22.3 Å². The molecule has 0 spiro atoms. The Morgan fingerprint density at radius 3 is 2.68 bits per heavy atom. The summed E-state index contributed by atoms with van der Waals surface area (Å²) in [6.45, 7) is 0.581. The largest absolute Gasteiger partial charge is 0.378 e. The lowest BCUT2D eigenvalue weighted by molar-refractivity contribution is -0.384. The molecule has 0 aliphatic carbocycles. The fraction of sp³-hybridized carbons (Fsp3) is 0.462. The highest BCUT2D eigenvalue weighted by atomic mass is 32.2. The number of rotatable bonds is 6. The molecule has 1 aromatic carbocycles. The molecule has 9 heteroatoms. The standard InChI is InChI=1S/C13H17N3O5S/c17-13(10-5-8-22(20,21)9-10)15-7-6-14-11-3-1-2-4-12(11)16(18)19/h1-4,10,14H,5-9H2,(H,15,17)/t10-/m0/s1. The maximum Gasteiger partial charge on any atom is 0.292 e. The number of sulfone groups is 1. The van der Waals surface area contributed by atoms with Gasteiger partial charge in [-0.2, -0.15) is 0 Å². The predicted molar refractivity (Wildman–Crippen MR) is 81.4 cm³/mol. The van der Waals surface area contributed by atoms with Gasteiger partial charge in [0.1, 0.15) is 5.69 Å². The average Bonchev–Trinajstić information content (AvgIpc) is 2.84. The van der Waals surface area contributed by atoms with Gasteiger partial charge in [0.2, 0.25) is 5.91 Å². The number of para-hydroxylation sites is 2. The number of hydrogen-bond donors (Lipinski definition) is 2. The van der Waals surface area contributed by atoms with Crippen LogP contribution < -0.4 is 10.6 Å². The molecule has 120 valence electrons. The highest BCUT2D eigenvalue weighted by Gasteiger charge is 2.32. The molecule has 0 saturated carbocycles. The molecule has 1 aliphatic rings. The van der Waals surface area contributed by atoms with Crippen molar-refractivity contribution in [3.63, 3.8) is 0 Å². The van der Waals surface area contributed by atoms with Crippen molar-refractivity contribution >= 4 is 27.1 Å². The third-order valence-corrected chi connectivity index (χ3v) is 5.21. The molecule has 1 aromatic rings. The van der Waals surface area contributed by atoms with Gasteiger partial charge in [-0.25, -0.2) is 8.42 Å². The van der Waals surface area contributed by atoms with Crippen molar-refractivity contribution in [2.75, 3.05) is 29.9 Å². The zero-order valence-electron chi connectivity index (χ0n) is 11.8. The van der Waals surface area contributed by atoms with Gasteiger partial charge in [0.25, 0.3) is 5.69 Å². The van der Waals surface area contributed by atoms with Gasteiger partial charge in [-0.3, -0.25) is 14.9 Å². The highest BCUT2D eigenvalue weighted by molar-refractivity contribution is 7.91. The summed E-state index contributed by atoms with van der Waals surface area (Å²) in [6.07, 6.45) is 0.353. The van der Waals surface area contributed by atoms with E-state index in [0.29, 0.717) is 18.7 Å².